The van der Waals surface area contributed by atoms with E-state index in [2.05, 4.69) is 26.6 Å². The van der Waals surface area contributed by atoms with Crippen LogP contribution in [0.5, 0.6) is 0 Å². The highest BCUT2D eigenvalue weighted by molar-refractivity contribution is 5.97. The van der Waals surface area contributed by atoms with Crippen molar-refractivity contribution in [3.8, 4) is 0 Å². The summed E-state index contributed by atoms with van der Waals surface area (Å²) in [6.07, 6.45) is -0.400. The molecule has 0 heterocycles. The first-order chi connectivity index (χ1) is 32.0. The minimum atomic E-state index is -1.10. The van der Waals surface area contributed by atoms with Gasteiger partial charge in [0.1, 0.15) is 11.2 Å². The van der Waals surface area contributed by atoms with Crippen molar-refractivity contribution in [2.24, 2.45) is 35.1 Å². The van der Waals surface area contributed by atoms with Gasteiger partial charge in [-0.2, -0.15) is 0 Å². The van der Waals surface area contributed by atoms with E-state index in [-0.39, 0.29) is 74.9 Å². The molecule has 21 nitrogen and oxygen atoms in total. The van der Waals surface area contributed by atoms with Crippen LogP contribution < -0.4 is 43.8 Å². The van der Waals surface area contributed by atoms with Crippen molar-refractivity contribution in [3.05, 3.63) is 59.7 Å². The molecule has 4 atom stereocenters. The molecule has 14 N–H and O–H groups in total. The van der Waals surface area contributed by atoms with Crippen LogP contribution in [0.3, 0.4) is 0 Å². The number of carboxylic acids is 1. The number of aliphatic hydroxyl groups excluding tert-OH is 2. The lowest BCUT2D eigenvalue weighted by Crippen LogP contribution is -2.47. The van der Waals surface area contributed by atoms with Crippen LogP contribution in [0.4, 0.5) is 30.6 Å². The molecule has 0 saturated heterocycles. The second kappa shape index (κ2) is 31.5. The van der Waals surface area contributed by atoms with Crippen LogP contribution in [-0.2, 0) is 41.9 Å². The highest BCUT2D eigenvalue weighted by Gasteiger charge is 2.32. The second-order valence-electron chi connectivity index (χ2n) is 18.9. The molecule has 69 heavy (non-hydrogen) atoms. The zero-order valence-corrected chi connectivity index (χ0v) is 41.8. The van der Waals surface area contributed by atoms with E-state index in [9.17, 15) is 48.6 Å². The number of benzene rings is 2. The number of nitrogens with two attached hydrogens (primary N) is 3. The first-order valence-corrected chi connectivity index (χ1v) is 22.8. The predicted octanol–water partition coefficient (Wildman–Crippen LogP) is 5.10. The SMILES string of the molecule is CC(C)[C@H](NC(=O)OC(C)(C)C)C(=O)C[C@@H](CCCNC(N)=O)C(=O)Nc1ccc(CO)cc1.CC(C)[C@H](NC(=O)OC(C)(C)C)C(=O)C[C@@H](CCCNC(N)=O)C(=O)O.Nc1ccc(CO)cc1. The lowest BCUT2D eigenvalue weighted by atomic mass is 9.89. The third kappa shape index (κ3) is 29.8. The number of urea groups is 2. The zero-order chi connectivity index (χ0) is 53.1. The zero-order valence-electron chi connectivity index (χ0n) is 41.8. The molecule has 0 fully saturated rings. The molecule has 7 amide bonds. The Hall–Kier alpha value is -6.48. The third-order valence-electron chi connectivity index (χ3n) is 9.61. The fourth-order valence-corrected chi connectivity index (χ4v) is 6.17. The number of alkyl carbamates (subject to hydrolysis) is 2. The van der Waals surface area contributed by atoms with E-state index in [1.165, 1.54) is 0 Å². The normalized spacial score (nSPS) is 12.8. The number of carboxylic acid groups (broad SMARTS) is 1. The maximum absolute atomic E-state index is 13.1. The Bertz CT molecular complexity index is 1930. The van der Waals surface area contributed by atoms with Crippen LogP contribution >= 0.6 is 0 Å². The topological polar surface area (TPSA) is 354 Å². The van der Waals surface area contributed by atoms with E-state index >= 15 is 0 Å². The largest absolute Gasteiger partial charge is 0.481 e. The molecule has 2 aromatic carbocycles. The number of ether oxygens (including phenoxy) is 2. The summed E-state index contributed by atoms with van der Waals surface area (Å²) in [5.74, 6) is -4.16. The minimum absolute atomic E-state index is 0.0836. The second-order valence-corrected chi connectivity index (χ2v) is 18.9. The molecule has 0 aliphatic heterocycles. The standard InChI is InChI=1S/C24H38N4O6.C17H31N3O6.C7H9NO/c1-15(2)20(28-23(33)34-24(3,4)5)19(30)13-17(7-6-12-26-22(25)32)21(31)27-18-10-8-16(14-29)9-11-18;1-10(2)13(20-16(25)26-17(3,4)5)12(21)9-11(14(22)23)7-6-8-19-15(18)24;8-7-3-1-6(5-9)2-4-7/h8-11,15,17,20,29H,6-7,12-14H2,1-5H3,(H,27,31)(H,28,33)(H3,25,26,32);10-11,13H,6-9H2,1-5H3,(H,20,25)(H,22,23)(H3,18,19,24);1-4,9H,5,8H2/t17-,20+;11-,13+;/m11./s1. The summed E-state index contributed by atoms with van der Waals surface area (Å²) >= 11 is 0. The summed E-state index contributed by atoms with van der Waals surface area (Å²) in [6, 6.07) is 10.8. The van der Waals surface area contributed by atoms with Crippen LogP contribution in [0.1, 0.15) is 119 Å². The van der Waals surface area contributed by atoms with Gasteiger partial charge in [0.05, 0.1) is 31.2 Å². The molecule has 0 saturated carbocycles. The van der Waals surface area contributed by atoms with Crippen LogP contribution in [0.25, 0.3) is 0 Å². The van der Waals surface area contributed by atoms with Gasteiger partial charge in [-0.3, -0.25) is 19.2 Å². The monoisotopic (exact) mass is 975 g/mol. The smallest absolute Gasteiger partial charge is 0.408 e. The van der Waals surface area contributed by atoms with Gasteiger partial charge < -0.3 is 68.6 Å². The maximum atomic E-state index is 13.1. The Balaban J connectivity index is 0.00000116. The van der Waals surface area contributed by atoms with E-state index in [0.717, 1.165) is 11.3 Å². The number of anilines is 2. The van der Waals surface area contributed by atoms with Crippen LogP contribution in [-0.4, -0.2) is 99.4 Å². The number of hydrogen-bond acceptors (Lipinski definition) is 13. The number of carbonyl (C=O) groups is 8. The lowest BCUT2D eigenvalue weighted by molar-refractivity contribution is -0.144. The summed E-state index contributed by atoms with van der Waals surface area (Å²) in [5, 5.41) is 39.8. The van der Waals surface area contributed by atoms with Crippen molar-refractivity contribution in [2.75, 3.05) is 24.1 Å². The van der Waals surface area contributed by atoms with Gasteiger partial charge in [-0.15, -0.1) is 0 Å². The molecular weight excluding hydrogens is 897 g/mol. The number of amides is 7. The minimum Gasteiger partial charge on any atom is -0.481 e. The summed E-state index contributed by atoms with van der Waals surface area (Å²) < 4.78 is 10.4. The van der Waals surface area contributed by atoms with E-state index in [0.29, 0.717) is 30.5 Å². The number of nitrogens with one attached hydrogen (secondary N) is 5. The van der Waals surface area contributed by atoms with Gasteiger partial charge in [-0.05, 0) is 114 Å². The Morgan fingerprint density at radius 3 is 1.29 bits per heavy atom. The Kier molecular flexibility index (Phi) is 28.6. The molecule has 2 aromatic rings. The Morgan fingerprint density at radius 1 is 0.594 bits per heavy atom. The summed E-state index contributed by atoms with van der Waals surface area (Å²) in [4.78, 5) is 95.7. The molecule has 0 unspecified atom stereocenters. The molecule has 388 valence electrons. The summed E-state index contributed by atoms with van der Waals surface area (Å²) in [6.45, 7) is 17.9. The van der Waals surface area contributed by atoms with Gasteiger partial charge in [0, 0.05) is 43.2 Å². The number of aliphatic carboxylic acids is 1. The molecular formula is C48H78N8O13. The Labute approximate surface area is 405 Å². The maximum Gasteiger partial charge on any atom is 0.408 e. The summed E-state index contributed by atoms with van der Waals surface area (Å²) in [7, 11) is 0. The fourth-order valence-electron chi connectivity index (χ4n) is 6.17. The van der Waals surface area contributed by atoms with Gasteiger partial charge in [0.15, 0.2) is 11.6 Å². The number of carbonyl (C=O) groups excluding carboxylic acids is 7. The van der Waals surface area contributed by atoms with E-state index < -0.39 is 65.3 Å². The molecule has 21 heteroatoms. The average molecular weight is 975 g/mol. The van der Waals surface area contributed by atoms with Gasteiger partial charge in [0.2, 0.25) is 5.91 Å². The van der Waals surface area contributed by atoms with Crippen molar-refractivity contribution in [2.45, 2.75) is 144 Å². The van der Waals surface area contributed by atoms with E-state index in [4.69, 9.17) is 31.8 Å². The molecule has 0 aliphatic carbocycles. The van der Waals surface area contributed by atoms with Crippen LogP contribution in [0.2, 0.25) is 0 Å². The van der Waals surface area contributed by atoms with Crippen molar-refractivity contribution < 1.29 is 63.1 Å². The highest BCUT2D eigenvalue weighted by Crippen LogP contribution is 2.21. The first kappa shape index (κ1) is 62.5. The van der Waals surface area contributed by atoms with Crippen molar-refractivity contribution in [3.63, 3.8) is 0 Å². The predicted molar refractivity (Wildman–Crippen MR) is 261 cm³/mol. The van der Waals surface area contributed by atoms with Gasteiger partial charge in [-0.1, -0.05) is 52.0 Å². The third-order valence-corrected chi connectivity index (χ3v) is 9.61. The molecule has 2 rings (SSSR count). The van der Waals surface area contributed by atoms with Gasteiger partial charge >= 0.3 is 30.2 Å². The number of nitrogen functional groups attached to an aromatic ring is 1. The number of rotatable bonds is 23. The average Bonchev–Trinajstić information content (AvgIpc) is 3.23. The fraction of sp³-hybridized carbons (Fsp3) is 0.583. The lowest BCUT2D eigenvalue weighted by Gasteiger charge is -2.26. The first-order valence-electron chi connectivity index (χ1n) is 22.8. The quantitative estimate of drug-likeness (QED) is 0.0510. The summed E-state index contributed by atoms with van der Waals surface area (Å²) in [5.41, 5.74) is 16.9. The van der Waals surface area contributed by atoms with E-state index in [1.807, 2.05) is 0 Å². The number of aliphatic hydroxyl groups is 2. The number of hydrogen-bond donors (Lipinski definition) is 11. The molecule has 0 bridgehead atoms. The van der Waals surface area contributed by atoms with Crippen LogP contribution in [0.15, 0.2) is 48.5 Å². The molecule has 0 aliphatic rings. The molecule has 0 aromatic heterocycles. The van der Waals surface area contributed by atoms with Crippen molar-refractivity contribution in [1.29, 1.82) is 0 Å². The van der Waals surface area contributed by atoms with Gasteiger partial charge in [0.25, 0.3) is 0 Å². The number of Topliss-reactive ketones (excluding diaryl/α,β-unsaturated/α-hetero) is 2. The molecule has 0 spiro atoms. The van der Waals surface area contributed by atoms with E-state index in [1.54, 1.807) is 118 Å². The molecule has 0 radical (unpaired) electrons. The van der Waals surface area contributed by atoms with Crippen LogP contribution in [0, 0.1) is 23.7 Å². The highest BCUT2D eigenvalue weighted by atomic mass is 16.6. The number of primary amides is 2. The van der Waals surface area contributed by atoms with Gasteiger partial charge in [-0.25, -0.2) is 19.2 Å². The Morgan fingerprint density at radius 2 is 0.957 bits per heavy atom. The number of ketones is 2. The van der Waals surface area contributed by atoms with Crippen molar-refractivity contribution >= 4 is 59.1 Å². The van der Waals surface area contributed by atoms with Crippen molar-refractivity contribution in [1.82, 2.24) is 21.3 Å².